The second-order valence-electron chi connectivity index (χ2n) is 5.98. The predicted molar refractivity (Wildman–Crippen MR) is 77.0 cm³/mol. The number of piperazine rings is 1. The minimum Gasteiger partial charge on any atom is -0.381 e. The fraction of sp³-hybridized carbons (Fsp3) is 0.625. The first-order chi connectivity index (χ1) is 10.7. The van der Waals surface area contributed by atoms with Crippen molar-refractivity contribution in [1.29, 1.82) is 0 Å². The zero-order valence-electron chi connectivity index (χ0n) is 12.5. The van der Waals surface area contributed by atoms with Gasteiger partial charge in [-0.2, -0.15) is 0 Å². The van der Waals surface area contributed by atoms with Crippen LogP contribution < -0.4 is 5.32 Å². The van der Waals surface area contributed by atoms with E-state index in [0.29, 0.717) is 18.8 Å². The van der Waals surface area contributed by atoms with E-state index in [1.807, 2.05) is 0 Å². The van der Waals surface area contributed by atoms with Crippen LogP contribution in [-0.2, 0) is 4.74 Å². The molecule has 1 atom stereocenters. The Bertz CT molecular complexity index is 473. The summed E-state index contributed by atoms with van der Waals surface area (Å²) in [6.07, 6.45) is 1.71. The van der Waals surface area contributed by atoms with Crippen LogP contribution in [0.5, 0.6) is 0 Å². The number of halogens is 3. The molecule has 2 saturated heterocycles. The lowest BCUT2D eigenvalue weighted by Gasteiger charge is -2.41. The smallest absolute Gasteiger partial charge is 0.194 e. The molecule has 0 unspecified atom stereocenters. The van der Waals surface area contributed by atoms with Gasteiger partial charge < -0.3 is 10.1 Å². The minimum absolute atomic E-state index is 0.0874. The number of hydrogen-bond donors (Lipinski definition) is 1. The van der Waals surface area contributed by atoms with Gasteiger partial charge in [0.2, 0.25) is 0 Å². The maximum absolute atomic E-state index is 13.7. The summed E-state index contributed by atoms with van der Waals surface area (Å²) in [5.74, 6) is -3.34. The van der Waals surface area contributed by atoms with Gasteiger partial charge in [0.1, 0.15) is 0 Å². The third-order valence-electron chi connectivity index (χ3n) is 4.61. The topological polar surface area (TPSA) is 24.5 Å². The van der Waals surface area contributed by atoms with Crippen LogP contribution in [0.15, 0.2) is 12.1 Å². The van der Waals surface area contributed by atoms with E-state index in [1.165, 1.54) is 0 Å². The maximum atomic E-state index is 13.7. The van der Waals surface area contributed by atoms with Crippen LogP contribution in [-0.4, -0.2) is 44.3 Å². The summed E-state index contributed by atoms with van der Waals surface area (Å²) in [6.45, 7) is 4.68. The molecule has 0 saturated carbocycles. The van der Waals surface area contributed by atoms with Gasteiger partial charge >= 0.3 is 0 Å². The highest BCUT2D eigenvalue weighted by atomic mass is 19.2. The molecule has 2 aliphatic rings. The second-order valence-corrected chi connectivity index (χ2v) is 5.98. The van der Waals surface area contributed by atoms with Crippen LogP contribution in [0.1, 0.15) is 24.4 Å². The summed E-state index contributed by atoms with van der Waals surface area (Å²) >= 11 is 0. The number of hydrogen-bond acceptors (Lipinski definition) is 3. The molecule has 1 aromatic rings. The van der Waals surface area contributed by atoms with Crippen LogP contribution in [0.4, 0.5) is 13.2 Å². The molecule has 0 bridgehead atoms. The fourth-order valence-corrected chi connectivity index (χ4v) is 3.52. The Balaban J connectivity index is 1.92. The summed E-state index contributed by atoms with van der Waals surface area (Å²) < 4.78 is 46.0. The van der Waals surface area contributed by atoms with E-state index >= 15 is 0 Å². The SMILES string of the molecule is Fc1cc([C@H](C2CCOCC2)N2CCNCC2)cc(F)c1F. The van der Waals surface area contributed by atoms with Gasteiger partial charge in [-0.05, 0) is 36.5 Å². The summed E-state index contributed by atoms with van der Waals surface area (Å²) in [6, 6.07) is 2.22. The molecular weight excluding hydrogens is 293 g/mol. The Labute approximate surface area is 128 Å². The van der Waals surface area contributed by atoms with Crippen LogP contribution in [0, 0.1) is 23.4 Å². The largest absolute Gasteiger partial charge is 0.381 e. The number of nitrogens with one attached hydrogen (secondary N) is 1. The third-order valence-corrected chi connectivity index (χ3v) is 4.61. The maximum Gasteiger partial charge on any atom is 0.194 e. The summed E-state index contributed by atoms with van der Waals surface area (Å²) in [7, 11) is 0. The van der Waals surface area contributed by atoms with E-state index in [1.54, 1.807) is 0 Å². The van der Waals surface area contributed by atoms with Crippen molar-refractivity contribution in [3.8, 4) is 0 Å². The van der Waals surface area contributed by atoms with Crippen molar-refractivity contribution in [1.82, 2.24) is 10.2 Å². The standard InChI is InChI=1S/C16H21F3N2O/c17-13-9-12(10-14(18)15(13)19)16(11-1-7-22-8-2-11)21-5-3-20-4-6-21/h9-11,16,20H,1-8H2/t16-/m0/s1. The zero-order chi connectivity index (χ0) is 15.5. The number of ether oxygens (including phenoxy) is 1. The van der Waals surface area contributed by atoms with Crippen molar-refractivity contribution in [2.24, 2.45) is 5.92 Å². The fourth-order valence-electron chi connectivity index (χ4n) is 3.52. The van der Waals surface area contributed by atoms with Gasteiger partial charge in [-0.15, -0.1) is 0 Å². The molecule has 22 heavy (non-hydrogen) atoms. The van der Waals surface area contributed by atoms with E-state index in [2.05, 4.69) is 10.2 Å². The Morgan fingerprint density at radius 2 is 1.64 bits per heavy atom. The highest BCUT2D eigenvalue weighted by Crippen LogP contribution is 2.36. The average Bonchev–Trinajstić information content (AvgIpc) is 2.55. The van der Waals surface area contributed by atoms with Gasteiger partial charge in [-0.1, -0.05) is 0 Å². The van der Waals surface area contributed by atoms with Crippen molar-refractivity contribution >= 4 is 0 Å². The highest BCUT2D eigenvalue weighted by Gasteiger charge is 2.32. The zero-order valence-corrected chi connectivity index (χ0v) is 12.5. The van der Waals surface area contributed by atoms with Gasteiger partial charge in [0.25, 0.3) is 0 Å². The summed E-state index contributed by atoms with van der Waals surface area (Å²) in [5.41, 5.74) is 0.533. The Morgan fingerprint density at radius 3 is 2.23 bits per heavy atom. The predicted octanol–water partition coefficient (Wildman–Crippen LogP) is 2.48. The Morgan fingerprint density at radius 1 is 1.05 bits per heavy atom. The van der Waals surface area contributed by atoms with Gasteiger partial charge in [-0.3, -0.25) is 4.90 Å². The van der Waals surface area contributed by atoms with Crippen LogP contribution in [0.25, 0.3) is 0 Å². The summed E-state index contributed by atoms with van der Waals surface area (Å²) in [5, 5.41) is 3.28. The molecular formula is C16H21F3N2O. The van der Waals surface area contributed by atoms with Crippen LogP contribution in [0.2, 0.25) is 0 Å². The van der Waals surface area contributed by atoms with E-state index in [4.69, 9.17) is 4.74 Å². The number of rotatable bonds is 3. The molecule has 2 heterocycles. The minimum atomic E-state index is -1.39. The molecule has 6 heteroatoms. The molecule has 3 rings (SSSR count). The molecule has 0 spiro atoms. The van der Waals surface area contributed by atoms with E-state index < -0.39 is 17.5 Å². The van der Waals surface area contributed by atoms with Crippen LogP contribution in [0.3, 0.4) is 0 Å². The molecule has 0 aliphatic carbocycles. The lowest BCUT2D eigenvalue weighted by molar-refractivity contribution is 0.0211. The quantitative estimate of drug-likeness (QED) is 0.868. The second kappa shape index (κ2) is 6.98. The van der Waals surface area contributed by atoms with Gasteiger partial charge in [0.15, 0.2) is 17.5 Å². The molecule has 1 aromatic carbocycles. The monoisotopic (exact) mass is 314 g/mol. The van der Waals surface area contributed by atoms with Gasteiger partial charge in [0.05, 0.1) is 0 Å². The first-order valence-corrected chi connectivity index (χ1v) is 7.84. The molecule has 1 N–H and O–H groups in total. The molecule has 0 amide bonds. The summed E-state index contributed by atoms with van der Waals surface area (Å²) in [4.78, 5) is 2.25. The van der Waals surface area contributed by atoms with Gasteiger partial charge in [0, 0.05) is 45.4 Å². The third kappa shape index (κ3) is 3.29. The van der Waals surface area contributed by atoms with E-state index in [0.717, 1.165) is 51.2 Å². The number of nitrogens with zero attached hydrogens (tertiary/aromatic N) is 1. The average molecular weight is 314 g/mol. The lowest BCUT2D eigenvalue weighted by Crippen LogP contribution is -2.47. The van der Waals surface area contributed by atoms with Gasteiger partial charge in [-0.25, -0.2) is 13.2 Å². The van der Waals surface area contributed by atoms with E-state index in [-0.39, 0.29) is 12.0 Å². The first kappa shape index (κ1) is 15.8. The van der Waals surface area contributed by atoms with E-state index in [9.17, 15) is 13.2 Å². The molecule has 2 aliphatic heterocycles. The lowest BCUT2D eigenvalue weighted by atomic mass is 9.85. The Kier molecular flexibility index (Phi) is 5.00. The van der Waals surface area contributed by atoms with Crippen molar-refractivity contribution < 1.29 is 17.9 Å². The van der Waals surface area contributed by atoms with Crippen molar-refractivity contribution in [3.63, 3.8) is 0 Å². The highest BCUT2D eigenvalue weighted by molar-refractivity contribution is 5.24. The molecule has 2 fully saturated rings. The molecule has 122 valence electrons. The van der Waals surface area contributed by atoms with Crippen molar-refractivity contribution in [2.45, 2.75) is 18.9 Å². The molecule has 0 aromatic heterocycles. The first-order valence-electron chi connectivity index (χ1n) is 7.84. The normalized spacial score (nSPS) is 22.7. The number of benzene rings is 1. The van der Waals surface area contributed by atoms with Crippen LogP contribution >= 0.6 is 0 Å². The van der Waals surface area contributed by atoms with Crippen molar-refractivity contribution in [3.05, 3.63) is 35.1 Å². The Hall–Kier alpha value is -1.11. The molecule has 3 nitrogen and oxygen atoms in total. The molecule has 0 radical (unpaired) electrons. The van der Waals surface area contributed by atoms with Crippen molar-refractivity contribution in [2.75, 3.05) is 39.4 Å².